The van der Waals surface area contributed by atoms with E-state index in [1.165, 1.54) is 0 Å². The van der Waals surface area contributed by atoms with Crippen molar-refractivity contribution in [3.05, 3.63) is 18.2 Å². The van der Waals surface area contributed by atoms with Crippen LogP contribution in [-0.4, -0.2) is 32.7 Å². The fourth-order valence-electron chi connectivity index (χ4n) is 1.98. The van der Waals surface area contributed by atoms with Crippen LogP contribution in [0.15, 0.2) is 18.2 Å². The number of hydrogen-bond acceptors (Lipinski definition) is 4. The Labute approximate surface area is 101 Å². The van der Waals surface area contributed by atoms with Crippen molar-refractivity contribution in [2.24, 2.45) is 5.73 Å². The number of hydrogen-bond donors (Lipinski definition) is 2. The zero-order valence-electron chi connectivity index (χ0n) is 9.90. The number of methoxy groups -OCH3 is 1. The second kappa shape index (κ2) is 5.05. The van der Waals surface area contributed by atoms with Gasteiger partial charge < -0.3 is 20.7 Å². The molecule has 0 spiro atoms. The van der Waals surface area contributed by atoms with Gasteiger partial charge in [0.05, 0.1) is 18.5 Å². The van der Waals surface area contributed by atoms with Crippen LogP contribution in [0.3, 0.4) is 0 Å². The van der Waals surface area contributed by atoms with E-state index in [9.17, 15) is 4.79 Å². The minimum Gasteiger partial charge on any atom is -0.497 e. The summed E-state index contributed by atoms with van der Waals surface area (Å²) in [5, 5.41) is 2.88. The first-order valence-electron chi connectivity index (χ1n) is 5.67. The van der Waals surface area contributed by atoms with E-state index in [2.05, 4.69) is 10.2 Å². The molecule has 2 rings (SSSR count). The summed E-state index contributed by atoms with van der Waals surface area (Å²) in [4.78, 5) is 13.7. The first-order chi connectivity index (χ1) is 8.24. The molecule has 92 valence electrons. The number of amides is 1. The minimum atomic E-state index is 0.0269. The van der Waals surface area contributed by atoms with Crippen molar-refractivity contribution in [1.29, 1.82) is 0 Å². The summed E-state index contributed by atoms with van der Waals surface area (Å²) in [6.07, 6.45) is 0.483. The van der Waals surface area contributed by atoms with Crippen LogP contribution >= 0.6 is 0 Å². The summed E-state index contributed by atoms with van der Waals surface area (Å²) in [6, 6.07) is 5.68. The van der Waals surface area contributed by atoms with Crippen LogP contribution in [-0.2, 0) is 4.79 Å². The fraction of sp³-hybridized carbons (Fsp3) is 0.417. The van der Waals surface area contributed by atoms with E-state index >= 15 is 0 Å². The summed E-state index contributed by atoms with van der Waals surface area (Å²) < 4.78 is 5.16. The standard InChI is InChI=1S/C12H17N3O2/c1-17-9-2-3-11-10(8-9)14-12(16)4-6-15(11)7-5-13/h2-3,8H,4-7,13H2,1H3,(H,14,16). The maximum Gasteiger partial charge on any atom is 0.226 e. The lowest BCUT2D eigenvalue weighted by molar-refractivity contribution is -0.115. The Hall–Kier alpha value is -1.75. The number of nitrogens with one attached hydrogen (secondary N) is 1. The number of carbonyl (C=O) groups is 1. The van der Waals surface area contributed by atoms with Gasteiger partial charge in [-0.25, -0.2) is 0 Å². The summed E-state index contributed by atoms with van der Waals surface area (Å²) in [6.45, 7) is 2.01. The molecule has 1 aliphatic heterocycles. The van der Waals surface area contributed by atoms with Crippen LogP contribution in [0.25, 0.3) is 0 Å². The molecule has 0 bridgehead atoms. The Morgan fingerprint density at radius 1 is 1.53 bits per heavy atom. The van der Waals surface area contributed by atoms with Gasteiger partial charge in [0.25, 0.3) is 0 Å². The van der Waals surface area contributed by atoms with Gasteiger partial charge in [0, 0.05) is 32.1 Å². The Kier molecular flexibility index (Phi) is 3.49. The van der Waals surface area contributed by atoms with Crippen LogP contribution < -0.4 is 20.7 Å². The molecule has 1 aromatic rings. The van der Waals surface area contributed by atoms with Crippen LogP contribution in [0, 0.1) is 0 Å². The zero-order valence-corrected chi connectivity index (χ0v) is 9.90. The van der Waals surface area contributed by atoms with Gasteiger partial charge in [0.15, 0.2) is 0 Å². The van der Waals surface area contributed by atoms with E-state index in [1.54, 1.807) is 7.11 Å². The third kappa shape index (κ3) is 2.50. The predicted octanol–water partition coefficient (Wildman–Crippen LogP) is 0.802. The summed E-state index contributed by atoms with van der Waals surface area (Å²) in [5.41, 5.74) is 7.38. The van der Waals surface area contributed by atoms with Gasteiger partial charge in [-0.05, 0) is 12.1 Å². The molecule has 17 heavy (non-hydrogen) atoms. The van der Waals surface area contributed by atoms with Crippen molar-refractivity contribution in [2.75, 3.05) is 37.0 Å². The highest BCUT2D eigenvalue weighted by molar-refractivity contribution is 5.96. The van der Waals surface area contributed by atoms with Crippen molar-refractivity contribution in [3.8, 4) is 5.75 Å². The monoisotopic (exact) mass is 235 g/mol. The number of anilines is 2. The van der Waals surface area contributed by atoms with Gasteiger partial charge in [-0.15, -0.1) is 0 Å². The fourth-order valence-corrected chi connectivity index (χ4v) is 1.98. The smallest absolute Gasteiger partial charge is 0.226 e. The Morgan fingerprint density at radius 3 is 3.06 bits per heavy atom. The summed E-state index contributed by atoms with van der Waals surface area (Å²) in [5.74, 6) is 0.762. The van der Waals surface area contributed by atoms with E-state index in [4.69, 9.17) is 10.5 Å². The van der Waals surface area contributed by atoms with E-state index in [0.717, 1.165) is 23.7 Å². The first-order valence-corrected chi connectivity index (χ1v) is 5.67. The van der Waals surface area contributed by atoms with Gasteiger partial charge in [-0.3, -0.25) is 4.79 Å². The molecule has 1 aliphatic rings. The van der Waals surface area contributed by atoms with E-state index in [0.29, 0.717) is 19.5 Å². The van der Waals surface area contributed by atoms with E-state index in [1.807, 2.05) is 18.2 Å². The molecule has 1 aromatic carbocycles. The highest BCUT2D eigenvalue weighted by Crippen LogP contribution is 2.32. The molecule has 0 fully saturated rings. The molecule has 0 unspecified atom stereocenters. The van der Waals surface area contributed by atoms with Crippen molar-refractivity contribution in [1.82, 2.24) is 0 Å². The van der Waals surface area contributed by atoms with Gasteiger partial charge in [0.2, 0.25) is 5.91 Å². The van der Waals surface area contributed by atoms with Gasteiger partial charge >= 0.3 is 0 Å². The number of nitrogens with two attached hydrogens (primary N) is 1. The van der Waals surface area contributed by atoms with Crippen molar-refractivity contribution < 1.29 is 9.53 Å². The molecule has 0 saturated carbocycles. The SMILES string of the molecule is COc1ccc2c(c1)NC(=O)CCN2CCN. The van der Waals surface area contributed by atoms with Crippen molar-refractivity contribution >= 4 is 17.3 Å². The Bertz CT molecular complexity index is 420. The third-order valence-electron chi connectivity index (χ3n) is 2.83. The molecular formula is C12H17N3O2. The van der Waals surface area contributed by atoms with E-state index < -0.39 is 0 Å². The second-order valence-corrected chi connectivity index (χ2v) is 3.96. The lowest BCUT2D eigenvalue weighted by Crippen LogP contribution is -2.30. The highest BCUT2D eigenvalue weighted by atomic mass is 16.5. The number of benzene rings is 1. The molecule has 0 atom stereocenters. The number of rotatable bonds is 3. The molecular weight excluding hydrogens is 218 g/mol. The number of carbonyl (C=O) groups excluding carboxylic acids is 1. The highest BCUT2D eigenvalue weighted by Gasteiger charge is 2.18. The molecule has 0 saturated heterocycles. The van der Waals surface area contributed by atoms with Gasteiger partial charge in [-0.1, -0.05) is 0 Å². The zero-order chi connectivity index (χ0) is 12.3. The van der Waals surface area contributed by atoms with Crippen LogP contribution in [0.4, 0.5) is 11.4 Å². The van der Waals surface area contributed by atoms with Gasteiger partial charge in [-0.2, -0.15) is 0 Å². The van der Waals surface area contributed by atoms with Crippen LogP contribution in [0.5, 0.6) is 5.75 Å². The van der Waals surface area contributed by atoms with Crippen LogP contribution in [0.1, 0.15) is 6.42 Å². The lowest BCUT2D eigenvalue weighted by Gasteiger charge is -2.23. The van der Waals surface area contributed by atoms with Crippen molar-refractivity contribution in [3.63, 3.8) is 0 Å². The predicted molar refractivity (Wildman–Crippen MR) is 67.5 cm³/mol. The van der Waals surface area contributed by atoms with E-state index in [-0.39, 0.29) is 5.91 Å². The third-order valence-corrected chi connectivity index (χ3v) is 2.83. The summed E-state index contributed by atoms with van der Waals surface area (Å²) >= 11 is 0. The number of ether oxygens (including phenoxy) is 1. The topological polar surface area (TPSA) is 67.6 Å². The molecule has 3 N–H and O–H groups in total. The average molecular weight is 235 g/mol. The molecule has 1 amide bonds. The molecule has 1 heterocycles. The first kappa shape index (κ1) is 11.7. The molecule has 0 aliphatic carbocycles. The molecule has 0 radical (unpaired) electrons. The van der Waals surface area contributed by atoms with Gasteiger partial charge in [0.1, 0.15) is 5.75 Å². The maximum absolute atomic E-state index is 11.6. The Morgan fingerprint density at radius 2 is 2.35 bits per heavy atom. The minimum absolute atomic E-state index is 0.0269. The summed E-state index contributed by atoms with van der Waals surface area (Å²) in [7, 11) is 1.61. The lowest BCUT2D eigenvalue weighted by atomic mass is 10.2. The second-order valence-electron chi connectivity index (χ2n) is 3.96. The Balaban J connectivity index is 2.37. The average Bonchev–Trinajstić information content (AvgIpc) is 2.49. The quantitative estimate of drug-likeness (QED) is 0.813. The number of fused-ring (bicyclic) bond motifs is 1. The molecule has 0 aromatic heterocycles. The normalized spacial score (nSPS) is 14.9. The molecule has 5 heteroatoms. The van der Waals surface area contributed by atoms with Crippen LogP contribution in [0.2, 0.25) is 0 Å². The number of nitrogens with zero attached hydrogens (tertiary/aromatic N) is 1. The maximum atomic E-state index is 11.6. The molecule has 5 nitrogen and oxygen atoms in total. The van der Waals surface area contributed by atoms with Crippen molar-refractivity contribution in [2.45, 2.75) is 6.42 Å². The largest absolute Gasteiger partial charge is 0.497 e.